The lowest BCUT2D eigenvalue weighted by atomic mass is 10.1. The van der Waals surface area contributed by atoms with E-state index in [0.717, 1.165) is 16.3 Å². The molecule has 0 aliphatic rings. The monoisotopic (exact) mass is 444 g/mol. The van der Waals surface area contributed by atoms with E-state index in [0.29, 0.717) is 23.0 Å². The van der Waals surface area contributed by atoms with Crippen molar-refractivity contribution >= 4 is 34.1 Å². The molecule has 32 heavy (non-hydrogen) atoms. The number of pyridine rings is 1. The number of aromatic nitrogens is 3. The molecule has 1 amide bonds. The molecule has 2 aromatic carbocycles. The molecule has 0 saturated heterocycles. The highest BCUT2D eigenvalue weighted by Gasteiger charge is 2.17. The fraction of sp³-hybridized carbons (Fsp3) is 0.200. The van der Waals surface area contributed by atoms with Gasteiger partial charge in [-0.25, -0.2) is 9.67 Å². The summed E-state index contributed by atoms with van der Waals surface area (Å²) in [5, 5.41) is 9.36. The Balaban J connectivity index is 1.59. The van der Waals surface area contributed by atoms with E-state index in [9.17, 15) is 9.59 Å². The first kappa shape index (κ1) is 21.8. The van der Waals surface area contributed by atoms with Crippen LogP contribution in [0.3, 0.4) is 0 Å². The van der Waals surface area contributed by atoms with Crippen molar-refractivity contribution in [3.8, 4) is 0 Å². The molecule has 0 spiro atoms. The van der Waals surface area contributed by atoms with Crippen LogP contribution in [-0.4, -0.2) is 20.7 Å². The van der Waals surface area contributed by atoms with E-state index in [2.05, 4.69) is 15.4 Å². The van der Waals surface area contributed by atoms with E-state index >= 15 is 0 Å². The van der Waals surface area contributed by atoms with Crippen molar-refractivity contribution in [2.24, 2.45) is 5.92 Å². The number of carbonyl (C=O) groups is 1. The van der Waals surface area contributed by atoms with Crippen molar-refractivity contribution in [2.45, 2.75) is 31.2 Å². The molecule has 0 unspecified atom stereocenters. The molecule has 6 nitrogen and oxygen atoms in total. The van der Waals surface area contributed by atoms with Gasteiger partial charge in [-0.1, -0.05) is 50.2 Å². The molecule has 4 rings (SSSR count). The van der Waals surface area contributed by atoms with Gasteiger partial charge >= 0.3 is 0 Å². The van der Waals surface area contributed by atoms with E-state index < -0.39 is 0 Å². The van der Waals surface area contributed by atoms with Gasteiger partial charge in [0.15, 0.2) is 5.69 Å². The van der Waals surface area contributed by atoms with E-state index in [4.69, 9.17) is 0 Å². The summed E-state index contributed by atoms with van der Waals surface area (Å²) in [6, 6.07) is 20.6. The summed E-state index contributed by atoms with van der Waals surface area (Å²) >= 11 is 1.63. The molecule has 2 heterocycles. The third-order valence-corrected chi connectivity index (χ3v) is 5.85. The lowest BCUT2D eigenvalue weighted by molar-refractivity contribution is 0.102. The molecule has 4 aromatic rings. The number of nitrogens with one attached hydrogen (secondary N) is 1. The van der Waals surface area contributed by atoms with Gasteiger partial charge in [0.1, 0.15) is 0 Å². The standard InChI is InChI=1S/C25H24N4O2S/c1-17(2)15-29-25(31)21-11-4-3-10-20(21)23(28-29)24(30)27-19-9-7-8-18(14-19)16-32-22-12-5-6-13-26-22/h3-14,17H,15-16H2,1-2H3,(H,27,30). The van der Waals surface area contributed by atoms with Gasteiger partial charge in [-0.05, 0) is 41.8 Å². The Bertz CT molecular complexity index is 1300. The minimum absolute atomic E-state index is 0.181. The highest BCUT2D eigenvalue weighted by atomic mass is 32.2. The summed E-state index contributed by atoms with van der Waals surface area (Å²) in [5.74, 6) is 0.625. The number of hydrogen-bond donors (Lipinski definition) is 1. The van der Waals surface area contributed by atoms with E-state index in [1.54, 1.807) is 36.2 Å². The number of carbonyl (C=O) groups excluding carboxylic acids is 1. The average molecular weight is 445 g/mol. The predicted octanol–water partition coefficient (Wildman–Crippen LogP) is 4.99. The van der Waals surface area contributed by atoms with Gasteiger partial charge in [0.2, 0.25) is 0 Å². The molecular formula is C25H24N4O2S. The highest BCUT2D eigenvalue weighted by Crippen LogP contribution is 2.23. The second-order valence-corrected chi connectivity index (χ2v) is 8.88. The maximum atomic E-state index is 13.2. The van der Waals surface area contributed by atoms with Gasteiger partial charge in [-0.2, -0.15) is 5.10 Å². The topological polar surface area (TPSA) is 76.9 Å². The molecule has 0 radical (unpaired) electrons. The quantitative estimate of drug-likeness (QED) is 0.406. The van der Waals surface area contributed by atoms with Crippen molar-refractivity contribution < 1.29 is 4.79 Å². The van der Waals surface area contributed by atoms with Crippen molar-refractivity contribution in [1.82, 2.24) is 14.8 Å². The largest absolute Gasteiger partial charge is 0.321 e. The Morgan fingerprint density at radius 3 is 2.56 bits per heavy atom. The van der Waals surface area contributed by atoms with E-state index in [1.807, 2.05) is 62.4 Å². The molecule has 0 aliphatic heterocycles. The zero-order valence-electron chi connectivity index (χ0n) is 18.0. The van der Waals surface area contributed by atoms with Crippen molar-refractivity contribution in [3.05, 3.63) is 94.5 Å². The SMILES string of the molecule is CC(C)Cn1nc(C(=O)Nc2cccc(CSc3ccccn3)c2)c2ccccc2c1=O. The van der Waals surface area contributed by atoms with Crippen LogP contribution < -0.4 is 10.9 Å². The second-order valence-electron chi connectivity index (χ2n) is 7.89. The number of fused-ring (bicyclic) bond motifs is 1. The third kappa shape index (κ3) is 5.06. The van der Waals surface area contributed by atoms with Gasteiger partial charge in [0.05, 0.1) is 10.4 Å². The molecule has 0 atom stereocenters. The number of anilines is 1. The lowest BCUT2D eigenvalue weighted by Crippen LogP contribution is -2.29. The van der Waals surface area contributed by atoms with Gasteiger partial charge in [0.25, 0.3) is 11.5 Å². The zero-order chi connectivity index (χ0) is 22.5. The van der Waals surface area contributed by atoms with Gasteiger partial charge in [0, 0.05) is 29.6 Å². The predicted molar refractivity (Wildman–Crippen MR) is 129 cm³/mol. The number of rotatable bonds is 7. The first-order valence-electron chi connectivity index (χ1n) is 10.5. The molecule has 7 heteroatoms. The summed E-state index contributed by atoms with van der Waals surface area (Å²) in [4.78, 5) is 30.3. The van der Waals surface area contributed by atoms with Gasteiger partial charge in [-0.3, -0.25) is 9.59 Å². The molecule has 1 N–H and O–H groups in total. The van der Waals surface area contributed by atoms with Crippen molar-refractivity contribution in [2.75, 3.05) is 5.32 Å². The lowest BCUT2D eigenvalue weighted by Gasteiger charge is -2.13. The van der Waals surface area contributed by atoms with Crippen LogP contribution in [0.25, 0.3) is 10.8 Å². The minimum atomic E-state index is -0.340. The van der Waals surface area contributed by atoms with Crippen LogP contribution in [-0.2, 0) is 12.3 Å². The first-order chi connectivity index (χ1) is 15.5. The normalized spacial score (nSPS) is 11.1. The highest BCUT2D eigenvalue weighted by molar-refractivity contribution is 7.98. The molecule has 2 aromatic heterocycles. The van der Waals surface area contributed by atoms with E-state index in [1.165, 1.54) is 4.68 Å². The Morgan fingerprint density at radius 1 is 1.03 bits per heavy atom. The van der Waals surface area contributed by atoms with Crippen LogP contribution >= 0.6 is 11.8 Å². The Labute approximate surface area is 190 Å². The fourth-order valence-electron chi connectivity index (χ4n) is 3.39. The number of nitrogens with zero attached hydrogens (tertiary/aromatic N) is 3. The zero-order valence-corrected chi connectivity index (χ0v) is 18.8. The maximum Gasteiger partial charge on any atom is 0.276 e. The van der Waals surface area contributed by atoms with Crippen LogP contribution in [0.15, 0.2) is 82.7 Å². The second kappa shape index (κ2) is 9.78. The summed E-state index contributed by atoms with van der Waals surface area (Å²) < 4.78 is 1.39. The average Bonchev–Trinajstić information content (AvgIpc) is 2.80. The molecule has 0 fully saturated rings. The molecular weight excluding hydrogens is 420 g/mol. The summed E-state index contributed by atoms with van der Waals surface area (Å²) in [5.41, 5.74) is 1.82. The van der Waals surface area contributed by atoms with Crippen LogP contribution in [0.4, 0.5) is 5.69 Å². The van der Waals surface area contributed by atoms with Gasteiger partial charge < -0.3 is 5.32 Å². The number of benzene rings is 2. The van der Waals surface area contributed by atoms with Crippen LogP contribution in [0.1, 0.15) is 29.9 Å². The minimum Gasteiger partial charge on any atom is -0.321 e. The van der Waals surface area contributed by atoms with Crippen LogP contribution in [0.5, 0.6) is 0 Å². The molecule has 162 valence electrons. The smallest absolute Gasteiger partial charge is 0.276 e. The summed E-state index contributed by atoms with van der Waals surface area (Å²) in [6.07, 6.45) is 1.77. The van der Waals surface area contributed by atoms with Crippen LogP contribution in [0.2, 0.25) is 0 Å². The number of thioether (sulfide) groups is 1. The fourth-order valence-corrected chi connectivity index (χ4v) is 4.20. The molecule has 0 aliphatic carbocycles. The number of amides is 1. The van der Waals surface area contributed by atoms with E-state index in [-0.39, 0.29) is 23.1 Å². The maximum absolute atomic E-state index is 13.2. The Kier molecular flexibility index (Phi) is 6.66. The first-order valence-corrected chi connectivity index (χ1v) is 11.4. The van der Waals surface area contributed by atoms with Crippen molar-refractivity contribution in [3.63, 3.8) is 0 Å². The molecule has 0 bridgehead atoms. The summed E-state index contributed by atoms with van der Waals surface area (Å²) in [7, 11) is 0. The summed E-state index contributed by atoms with van der Waals surface area (Å²) in [6.45, 7) is 4.47. The van der Waals surface area contributed by atoms with Crippen LogP contribution in [0, 0.1) is 5.92 Å². The Morgan fingerprint density at radius 2 is 1.81 bits per heavy atom. The third-order valence-electron chi connectivity index (χ3n) is 4.83. The van der Waals surface area contributed by atoms with Gasteiger partial charge in [-0.15, -0.1) is 11.8 Å². The molecule has 0 saturated carbocycles. The number of hydrogen-bond acceptors (Lipinski definition) is 5. The van der Waals surface area contributed by atoms with Crippen molar-refractivity contribution in [1.29, 1.82) is 0 Å². The Hall–Kier alpha value is -3.45.